The number of nitrogens with one attached hydrogen (secondary N) is 1. The van der Waals surface area contributed by atoms with E-state index >= 15 is 0 Å². The highest BCUT2D eigenvalue weighted by Crippen LogP contribution is 2.11. The Labute approximate surface area is 110 Å². The van der Waals surface area contributed by atoms with E-state index in [2.05, 4.69) is 29.3 Å². The Bertz CT molecular complexity index is 329. The van der Waals surface area contributed by atoms with Gasteiger partial charge in [-0.05, 0) is 45.0 Å². The molecule has 1 N–H and O–H groups in total. The number of rotatable bonds is 5. The zero-order valence-corrected chi connectivity index (χ0v) is 11.3. The molecule has 0 amide bonds. The van der Waals surface area contributed by atoms with Crippen molar-refractivity contribution >= 4 is 0 Å². The number of hydrogen-bond acceptors (Lipinski definition) is 3. The first-order valence-corrected chi connectivity index (χ1v) is 6.97. The van der Waals surface area contributed by atoms with Crippen LogP contribution in [0.2, 0.25) is 0 Å². The van der Waals surface area contributed by atoms with Crippen LogP contribution >= 0.6 is 0 Å². The van der Waals surface area contributed by atoms with Crippen molar-refractivity contribution in [3.8, 4) is 5.75 Å². The Morgan fingerprint density at radius 1 is 1.17 bits per heavy atom. The van der Waals surface area contributed by atoms with Gasteiger partial charge in [-0.1, -0.05) is 17.7 Å². The summed E-state index contributed by atoms with van der Waals surface area (Å²) in [5.41, 5.74) is 1.28. The summed E-state index contributed by atoms with van der Waals surface area (Å²) in [5, 5.41) is 3.43. The highest BCUT2D eigenvalue weighted by atomic mass is 16.5. The molecule has 1 saturated heterocycles. The van der Waals surface area contributed by atoms with Gasteiger partial charge in [0, 0.05) is 19.6 Å². The van der Waals surface area contributed by atoms with Crippen molar-refractivity contribution in [3.63, 3.8) is 0 Å². The molecule has 3 heteroatoms. The van der Waals surface area contributed by atoms with E-state index in [1.54, 1.807) is 0 Å². The average molecular weight is 248 g/mol. The van der Waals surface area contributed by atoms with Crippen LogP contribution in [0.3, 0.4) is 0 Å². The lowest BCUT2D eigenvalue weighted by molar-refractivity contribution is 0.244. The Kier molecular flexibility index (Phi) is 5.49. The number of benzene rings is 1. The molecule has 0 aliphatic carbocycles. The van der Waals surface area contributed by atoms with Gasteiger partial charge in [-0.25, -0.2) is 0 Å². The Morgan fingerprint density at radius 2 is 2.00 bits per heavy atom. The van der Waals surface area contributed by atoms with E-state index in [4.69, 9.17) is 4.74 Å². The molecule has 1 aromatic rings. The molecule has 1 aliphatic rings. The second kappa shape index (κ2) is 7.39. The molecule has 0 spiro atoms. The lowest BCUT2D eigenvalue weighted by Crippen LogP contribution is -2.29. The molecule has 1 heterocycles. The Morgan fingerprint density at radius 3 is 2.83 bits per heavy atom. The molecule has 0 unspecified atom stereocenters. The van der Waals surface area contributed by atoms with Crippen LogP contribution in [-0.2, 0) is 0 Å². The molecule has 18 heavy (non-hydrogen) atoms. The molecule has 1 aliphatic heterocycles. The van der Waals surface area contributed by atoms with E-state index in [0.29, 0.717) is 0 Å². The quantitative estimate of drug-likeness (QED) is 0.807. The molecule has 0 radical (unpaired) electrons. The maximum atomic E-state index is 5.74. The van der Waals surface area contributed by atoms with Crippen molar-refractivity contribution in [1.82, 2.24) is 10.2 Å². The topological polar surface area (TPSA) is 24.5 Å². The van der Waals surface area contributed by atoms with Crippen LogP contribution < -0.4 is 10.1 Å². The maximum absolute atomic E-state index is 5.74. The smallest absolute Gasteiger partial charge is 0.119 e. The zero-order chi connectivity index (χ0) is 12.6. The third-order valence-electron chi connectivity index (χ3n) is 3.34. The van der Waals surface area contributed by atoms with Gasteiger partial charge in [-0.3, -0.25) is 0 Å². The van der Waals surface area contributed by atoms with Gasteiger partial charge >= 0.3 is 0 Å². The maximum Gasteiger partial charge on any atom is 0.119 e. The molecular formula is C15H24N2O. The van der Waals surface area contributed by atoms with Gasteiger partial charge in [0.1, 0.15) is 5.75 Å². The fraction of sp³-hybridized carbons (Fsp3) is 0.600. The van der Waals surface area contributed by atoms with Gasteiger partial charge in [0.2, 0.25) is 0 Å². The minimum absolute atomic E-state index is 0.812. The van der Waals surface area contributed by atoms with Gasteiger partial charge in [0.15, 0.2) is 0 Å². The van der Waals surface area contributed by atoms with Crippen LogP contribution in [0.1, 0.15) is 18.4 Å². The van der Waals surface area contributed by atoms with E-state index in [1.165, 1.54) is 25.1 Å². The van der Waals surface area contributed by atoms with Gasteiger partial charge in [-0.2, -0.15) is 0 Å². The number of aryl methyl sites for hydroxylation is 1. The fourth-order valence-electron chi connectivity index (χ4n) is 2.24. The fourth-order valence-corrected chi connectivity index (χ4v) is 2.24. The van der Waals surface area contributed by atoms with E-state index in [1.807, 2.05) is 12.1 Å². The third kappa shape index (κ3) is 4.67. The van der Waals surface area contributed by atoms with Gasteiger partial charge in [-0.15, -0.1) is 0 Å². The Balaban J connectivity index is 1.61. The predicted molar refractivity (Wildman–Crippen MR) is 75.2 cm³/mol. The normalized spacial score (nSPS) is 17.4. The minimum Gasteiger partial charge on any atom is -0.494 e. The predicted octanol–water partition coefficient (Wildman–Crippen LogP) is 2.06. The molecule has 0 bridgehead atoms. The summed E-state index contributed by atoms with van der Waals surface area (Å²) in [7, 11) is 0. The van der Waals surface area contributed by atoms with Crippen molar-refractivity contribution in [2.24, 2.45) is 0 Å². The molecule has 0 saturated carbocycles. The number of nitrogens with zero attached hydrogens (tertiary/aromatic N) is 1. The van der Waals surface area contributed by atoms with Gasteiger partial charge in [0.25, 0.3) is 0 Å². The molecule has 0 aromatic heterocycles. The molecule has 0 atom stereocenters. The molecular weight excluding hydrogens is 224 g/mol. The molecule has 100 valence electrons. The third-order valence-corrected chi connectivity index (χ3v) is 3.34. The second-order valence-electron chi connectivity index (χ2n) is 4.96. The lowest BCUT2D eigenvalue weighted by Gasteiger charge is -2.19. The summed E-state index contributed by atoms with van der Waals surface area (Å²) in [5.74, 6) is 0.984. The van der Waals surface area contributed by atoms with Crippen LogP contribution in [0.15, 0.2) is 24.3 Å². The summed E-state index contributed by atoms with van der Waals surface area (Å²) in [6, 6.07) is 8.28. The molecule has 2 rings (SSSR count). The summed E-state index contributed by atoms with van der Waals surface area (Å²) < 4.78 is 5.74. The van der Waals surface area contributed by atoms with Crippen molar-refractivity contribution in [3.05, 3.63) is 29.8 Å². The standard InChI is InChI=1S/C15H24N2O/c1-14-4-6-15(7-5-14)18-13-3-11-17-10-2-8-16-9-12-17/h4-7,16H,2-3,8-13H2,1H3. The van der Waals surface area contributed by atoms with Crippen LogP contribution in [-0.4, -0.2) is 44.2 Å². The first-order chi connectivity index (χ1) is 8.84. The average Bonchev–Trinajstić information content (AvgIpc) is 2.65. The molecule has 1 aromatic carbocycles. The van der Waals surface area contributed by atoms with E-state index in [9.17, 15) is 0 Å². The van der Waals surface area contributed by atoms with Gasteiger partial charge in [0.05, 0.1) is 6.61 Å². The zero-order valence-electron chi connectivity index (χ0n) is 11.3. The first kappa shape index (κ1) is 13.4. The number of hydrogen-bond donors (Lipinski definition) is 1. The summed E-state index contributed by atoms with van der Waals surface area (Å²) in [4.78, 5) is 2.53. The summed E-state index contributed by atoms with van der Waals surface area (Å²) >= 11 is 0. The Hall–Kier alpha value is -1.06. The van der Waals surface area contributed by atoms with Crippen molar-refractivity contribution < 1.29 is 4.74 Å². The van der Waals surface area contributed by atoms with Gasteiger partial charge < -0.3 is 15.0 Å². The van der Waals surface area contributed by atoms with Crippen molar-refractivity contribution in [2.45, 2.75) is 19.8 Å². The SMILES string of the molecule is Cc1ccc(OCCCN2CCCNCC2)cc1. The van der Waals surface area contributed by atoms with Crippen LogP contribution in [0.25, 0.3) is 0 Å². The van der Waals surface area contributed by atoms with Crippen LogP contribution in [0, 0.1) is 6.92 Å². The van der Waals surface area contributed by atoms with E-state index in [0.717, 1.165) is 38.4 Å². The van der Waals surface area contributed by atoms with Crippen LogP contribution in [0.4, 0.5) is 0 Å². The second-order valence-corrected chi connectivity index (χ2v) is 4.96. The molecule has 3 nitrogen and oxygen atoms in total. The first-order valence-electron chi connectivity index (χ1n) is 6.97. The van der Waals surface area contributed by atoms with E-state index < -0.39 is 0 Å². The summed E-state index contributed by atoms with van der Waals surface area (Å²) in [6.07, 6.45) is 2.37. The van der Waals surface area contributed by atoms with Crippen molar-refractivity contribution in [2.75, 3.05) is 39.3 Å². The largest absolute Gasteiger partial charge is 0.494 e. The molecule has 1 fully saturated rings. The van der Waals surface area contributed by atoms with Crippen LogP contribution in [0.5, 0.6) is 5.75 Å². The van der Waals surface area contributed by atoms with E-state index in [-0.39, 0.29) is 0 Å². The number of ether oxygens (including phenoxy) is 1. The monoisotopic (exact) mass is 248 g/mol. The summed E-state index contributed by atoms with van der Waals surface area (Å²) in [6.45, 7) is 8.73. The lowest BCUT2D eigenvalue weighted by atomic mass is 10.2. The highest BCUT2D eigenvalue weighted by molar-refractivity contribution is 5.26. The van der Waals surface area contributed by atoms with Crippen molar-refractivity contribution in [1.29, 1.82) is 0 Å². The highest BCUT2D eigenvalue weighted by Gasteiger charge is 2.07. The minimum atomic E-state index is 0.812.